The summed E-state index contributed by atoms with van der Waals surface area (Å²) >= 11 is 0. The predicted molar refractivity (Wildman–Crippen MR) is 69.5 cm³/mol. The van der Waals surface area contributed by atoms with Gasteiger partial charge in [-0.2, -0.15) is 0 Å². The summed E-state index contributed by atoms with van der Waals surface area (Å²) < 4.78 is 6.95. The molecule has 0 saturated heterocycles. The lowest BCUT2D eigenvalue weighted by atomic mass is 9.95. The van der Waals surface area contributed by atoms with E-state index in [0.717, 1.165) is 11.3 Å². The van der Waals surface area contributed by atoms with Crippen molar-refractivity contribution in [3.63, 3.8) is 0 Å². The Morgan fingerprint density at radius 2 is 2.00 bits per heavy atom. The van der Waals surface area contributed by atoms with E-state index in [4.69, 9.17) is 4.74 Å². The fourth-order valence-electron chi connectivity index (χ4n) is 2.10. The Hall–Kier alpha value is -1.81. The summed E-state index contributed by atoms with van der Waals surface area (Å²) in [5, 5.41) is 10.5. The van der Waals surface area contributed by atoms with Gasteiger partial charge in [0.1, 0.15) is 17.2 Å². The second kappa shape index (κ2) is 4.82. The SMILES string of the molecule is COc1ccc(CC(C)(O)c2nccn2C)cc1. The van der Waals surface area contributed by atoms with Crippen molar-refractivity contribution in [2.24, 2.45) is 7.05 Å². The monoisotopic (exact) mass is 246 g/mol. The number of methoxy groups -OCH3 is 1. The fourth-order valence-corrected chi connectivity index (χ4v) is 2.10. The van der Waals surface area contributed by atoms with E-state index in [9.17, 15) is 5.11 Å². The van der Waals surface area contributed by atoms with Crippen LogP contribution in [0.1, 0.15) is 18.3 Å². The number of ether oxygens (including phenoxy) is 1. The van der Waals surface area contributed by atoms with Gasteiger partial charge >= 0.3 is 0 Å². The Bertz CT molecular complexity index is 515. The van der Waals surface area contributed by atoms with Crippen LogP contribution in [0.5, 0.6) is 5.75 Å². The molecule has 0 radical (unpaired) electrons. The van der Waals surface area contributed by atoms with Gasteiger partial charge in [-0.25, -0.2) is 4.98 Å². The molecule has 0 spiro atoms. The molecule has 0 amide bonds. The molecule has 0 bridgehead atoms. The van der Waals surface area contributed by atoms with E-state index < -0.39 is 5.60 Å². The Labute approximate surface area is 107 Å². The molecule has 1 N–H and O–H groups in total. The Morgan fingerprint density at radius 1 is 1.33 bits per heavy atom. The molecular formula is C14H18N2O2. The zero-order valence-corrected chi connectivity index (χ0v) is 10.9. The van der Waals surface area contributed by atoms with Crippen molar-refractivity contribution < 1.29 is 9.84 Å². The molecule has 18 heavy (non-hydrogen) atoms. The minimum Gasteiger partial charge on any atom is -0.497 e. The topological polar surface area (TPSA) is 47.3 Å². The quantitative estimate of drug-likeness (QED) is 0.896. The highest BCUT2D eigenvalue weighted by Crippen LogP contribution is 2.24. The van der Waals surface area contributed by atoms with Gasteiger partial charge in [0.15, 0.2) is 0 Å². The van der Waals surface area contributed by atoms with Gasteiger partial charge in [0.05, 0.1) is 7.11 Å². The van der Waals surface area contributed by atoms with Crippen LogP contribution < -0.4 is 4.74 Å². The normalized spacial score (nSPS) is 14.2. The lowest BCUT2D eigenvalue weighted by Gasteiger charge is -2.23. The van der Waals surface area contributed by atoms with E-state index in [1.165, 1.54) is 0 Å². The molecule has 0 aliphatic carbocycles. The molecule has 0 saturated carbocycles. The first kappa shape index (κ1) is 12.6. The van der Waals surface area contributed by atoms with Crippen LogP contribution in [0, 0.1) is 0 Å². The Kier molecular flexibility index (Phi) is 3.39. The van der Waals surface area contributed by atoms with Crippen molar-refractivity contribution in [3.05, 3.63) is 48.0 Å². The highest BCUT2D eigenvalue weighted by molar-refractivity contribution is 5.28. The third kappa shape index (κ3) is 2.54. The van der Waals surface area contributed by atoms with Crippen LogP contribution >= 0.6 is 0 Å². The molecule has 4 heteroatoms. The molecule has 2 rings (SSSR count). The van der Waals surface area contributed by atoms with Gasteiger partial charge in [0.2, 0.25) is 0 Å². The van der Waals surface area contributed by atoms with E-state index in [1.54, 1.807) is 20.2 Å². The van der Waals surface area contributed by atoms with Gasteiger partial charge in [0, 0.05) is 25.9 Å². The van der Waals surface area contributed by atoms with Crippen LogP contribution in [0.25, 0.3) is 0 Å². The fraction of sp³-hybridized carbons (Fsp3) is 0.357. The predicted octanol–water partition coefficient (Wildman–Crippen LogP) is 1.88. The standard InChI is InChI=1S/C14H18N2O2/c1-14(17,13-15-8-9-16(13)2)10-11-4-6-12(18-3)7-5-11/h4-9,17H,10H2,1-3H3. The van der Waals surface area contributed by atoms with Crippen molar-refractivity contribution in [1.82, 2.24) is 9.55 Å². The minimum absolute atomic E-state index is 0.516. The lowest BCUT2D eigenvalue weighted by Crippen LogP contribution is -2.28. The van der Waals surface area contributed by atoms with Gasteiger partial charge in [0.25, 0.3) is 0 Å². The number of nitrogens with zero attached hydrogens (tertiary/aromatic N) is 2. The van der Waals surface area contributed by atoms with E-state index in [-0.39, 0.29) is 0 Å². The first-order chi connectivity index (χ1) is 8.53. The van der Waals surface area contributed by atoms with Gasteiger partial charge in [-0.05, 0) is 24.6 Å². The third-order valence-electron chi connectivity index (χ3n) is 3.01. The molecule has 0 aliphatic heterocycles. The number of aliphatic hydroxyl groups is 1. The molecule has 1 aromatic carbocycles. The highest BCUT2D eigenvalue weighted by atomic mass is 16.5. The van der Waals surface area contributed by atoms with Crippen molar-refractivity contribution in [2.45, 2.75) is 18.9 Å². The van der Waals surface area contributed by atoms with Crippen molar-refractivity contribution in [3.8, 4) is 5.75 Å². The average Bonchev–Trinajstić information content (AvgIpc) is 2.77. The van der Waals surface area contributed by atoms with Crippen LogP contribution in [-0.4, -0.2) is 21.8 Å². The van der Waals surface area contributed by atoms with Crippen LogP contribution in [0.2, 0.25) is 0 Å². The zero-order valence-electron chi connectivity index (χ0n) is 10.9. The maximum absolute atomic E-state index is 10.5. The maximum atomic E-state index is 10.5. The Balaban J connectivity index is 2.19. The van der Waals surface area contributed by atoms with E-state index >= 15 is 0 Å². The summed E-state index contributed by atoms with van der Waals surface area (Å²) in [5.74, 6) is 1.48. The molecule has 1 atom stereocenters. The number of hydrogen-bond donors (Lipinski definition) is 1. The molecule has 1 unspecified atom stereocenters. The molecule has 0 fully saturated rings. The van der Waals surface area contributed by atoms with Crippen LogP contribution in [0.15, 0.2) is 36.7 Å². The van der Waals surface area contributed by atoms with Crippen molar-refractivity contribution in [1.29, 1.82) is 0 Å². The van der Waals surface area contributed by atoms with Crippen molar-refractivity contribution >= 4 is 0 Å². The lowest BCUT2D eigenvalue weighted by molar-refractivity contribution is 0.0453. The van der Waals surface area contributed by atoms with Gasteiger partial charge in [-0.1, -0.05) is 12.1 Å². The van der Waals surface area contributed by atoms with Crippen LogP contribution in [-0.2, 0) is 19.1 Å². The summed E-state index contributed by atoms with van der Waals surface area (Å²) in [7, 11) is 3.52. The number of aryl methyl sites for hydroxylation is 1. The zero-order chi connectivity index (χ0) is 13.2. The smallest absolute Gasteiger partial charge is 0.140 e. The molecule has 0 aliphatic rings. The molecule has 1 aromatic heterocycles. The Morgan fingerprint density at radius 3 is 2.50 bits per heavy atom. The number of imidazole rings is 1. The number of aromatic nitrogens is 2. The molecule has 4 nitrogen and oxygen atoms in total. The second-order valence-electron chi connectivity index (χ2n) is 4.66. The van der Waals surface area contributed by atoms with E-state index in [1.807, 2.05) is 42.1 Å². The minimum atomic E-state index is -0.979. The van der Waals surface area contributed by atoms with Gasteiger partial charge < -0.3 is 14.4 Å². The average molecular weight is 246 g/mol. The van der Waals surface area contributed by atoms with E-state index in [2.05, 4.69) is 4.98 Å². The highest BCUT2D eigenvalue weighted by Gasteiger charge is 2.27. The molecular weight excluding hydrogens is 228 g/mol. The first-order valence-electron chi connectivity index (χ1n) is 5.86. The second-order valence-corrected chi connectivity index (χ2v) is 4.66. The van der Waals surface area contributed by atoms with Crippen LogP contribution in [0.3, 0.4) is 0 Å². The largest absolute Gasteiger partial charge is 0.497 e. The molecule has 96 valence electrons. The summed E-state index contributed by atoms with van der Waals surface area (Å²) in [4.78, 5) is 4.21. The number of hydrogen-bond acceptors (Lipinski definition) is 3. The number of benzene rings is 1. The summed E-state index contributed by atoms with van der Waals surface area (Å²) in [6.45, 7) is 1.78. The third-order valence-corrected chi connectivity index (χ3v) is 3.01. The molecule has 1 heterocycles. The van der Waals surface area contributed by atoms with Gasteiger partial charge in [-0.3, -0.25) is 0 Å². The summed E-state index contributed by atoms with van der Waals surface area (Å²) in [6, 6.07) is 7.69. The van der Waals surface area contributed by atoms with Crippen molar-refractivity contribution in [2.75, 3.05) is 7.11 Å². The van der Waals surface area contributed by atoms with Crippen LogP contribution in [0.4, 0.5) is 0 Å². The van der Waals surface area contributed by atoms with E-state index in [0.29, 0.717) is 12.2 Å². The van der Waals surface area contributed by atoms with Gasteiger partial charge in [-0.15, -0.1) is 0 Å². The number of rotatable bonds is 4. The maximum Gasteiger partial charge on any atom is 0.140 e. The summed E-state index contributed by atoms with van der Waals surface area (Å²) in [6.07, 6.45) is 4.04. The molecule has 2 aromatic rings. The first-order valence-corrected chi connectivity index (χ1v) is 5.86. The summed E-state index contributed by atoms with van der Waals surface area (Å²) in [5.41, 5.74) is 0.0659.